The Bertz CT molecular complexity index is 391. The number of fused-ring (bicyclic) bond motifs is 1. The van der Waals surface area contributed by atoms with Crippen molar-refractivity contribution >= 4 is 6.03 Å². The zero-order valence-electron chi connectivity index (χ0n) is 9.38. The molecule has 0 saturated carbocycles. The number of ether oxygens (including phenoxy) is 1. The number of rotatable bonds is 3. The highest BCUT2D eigenvalue weighted by molar-refractivity contribution is 5.73. The van der Waals surface area contributed by atoms with Crippen molar-refractivity contribution in [3.05, 3.63) is 29.3 Å². The lowest BCUT2D eigenvalue weighted by atomic mass is 10.1. The predicted octanol–water partition coefficient (Wildman–Crippen LogP) is 1.09. The van der Waals surface area contributed by atoms with Gasteiger partial charge < -0.3 is 15.4 Å². The Morgan fingerprint density at radius 2 is 2.38 bits per heavy atom. The highest BCUT2D eigenvalue weighted by atomic mass is 16.5. The van der Waals surface area contributed by atoms with Crippen molar-refractivity contribution in [2.75, 3.05) is 20.2 Å². The summed E-state index contributed by atoms with van der Waals surface area (Å²) in [6, 6.07) is 6.09. The maximum Gasteiger partial charge on any atom is 0.314 e. The Hall–Kier alpha value is -1.71. The summed E-state index contributed by atoms with van der Waals surface area (Å²) in [5, 5.41) is 5.29. The molecule has 2 amide bonds. The second kappa shape index (κ2) is 4.88. The van der Waals surface area contributed by atoms with Crippen LogP contribution in [0.25, 0.3) is 0 Å². The SMILES string of the molecule is CNC(=O)NCCc1ccc2c(c1)CCO2. The summed E-state index contributed by atoms with van der Waals surface area (Å²) in [5.41, 5.74) is 2.51. The minimum atomic E-state index is -0.135. The van der Waals surface area contributed by atoms with E-state index in [9.17, 15) is 4.79 Å². The van der Waals surface area contributed by atoms with Gasteiger partial charge >= 0.3 is 6.03 Å². The Morgan fingerprint density at radius 3 is 3.19 bits per heavy atom. The molecule has 4 nitrogen and oxygen atoms in total. The molecule has 2 rings (SSSR count). The Morgan fingerprint density at radius 1 is 1.50 bits per heavy atom. The number of hydrogen-bond donors (Lipinski definition) is 2. The maximum absolute atomic E-state index is 10.9. The fraction of sp³-hybridized carbons (Fsp3) is 0.417. The monoisotopic (exact) mass is 220 g/mol. The molecule has 16 heavy (non-hydrogen) atoms. The van der Waals surface area contributed by atoms with E-state index in [4.69, 9.17) is 4.74 Å². The van der Waals surface area contributed by atoms with E-state index in [1.807, 2.05) is 6.07 Å². The van der Waals surface area contributed by atoms with Crippen molar-refractivity contribution in [2.24, 2.45) is 0 Å². The van der Waals surface area contributed by atoms with Gasteiger partial charge in [0.1, 0.15) is 5.75 Å². The van der Waals surface area contributed by atoms with Gasteiger partial charge in [-0.25, -0.2) is 4.79 Å². The molecule has 1 aromatic rings. The molecular weight excluding hydrogens is 204 g/mol. The first-order chi connectivity index (χ1) is 7.79. The third-order valence-electron chi connectivity index (χ3n) is 2.68. The zero-order valence-corrected chi connectivity index (χ0v) is 9.38. The molecule has 86 valence electrons. The average Bonchev–Trinajstić information content (AvgIpc) is 2.76. The van der Waals surface area contributed by atoms with Crippen LogP contribution in [-0.2, 0) is 12.8 Å². The molecule has 0 bridgehead atoms. The second-order valence-corrected chi connectivity index (χ2v) is 3.80. The molecule has 0 spiro atoms. The minimum absolute atomic E-state index is 0.135. The van der Waals surface area contributed by atoms with Gasteiger partial charge in [0.25, 0.3) is 0 Å². The van der Waals surface area contributed by atoms with Crippen LogP contribution in [0.3, 0.4) is 0 Å². The lowest BCUT2D eigenvalue weighted by Gasteiger charge is -2.05. The standard InChI is InChI=1S/C12H16N2O2/c1-13-12(15)14-6-4-9-2-3-11-10(8-9)5-7-16-11/h2-3,8H,4-7H2,1H3,(H2,13,14,15). The third-order valence-corrected chi connectivity index (χ3v) is 2.68. The summed E-state index contributed by atoms with van der Waals surface area (Å²) in [5.74, 6) is 1.00. The van der Waals surface area contributed by atoms with Crippen molar-refractivity contribution in [2.45, 2.75) is 12.8 Å². The van der Waals surface area contributed by atoms with Crippen molar-refractivity contribution in [1.82, 2.24) is 10.6 Å². The van der Waals surface area contributed by atoms with Gasteiger partial charge in [0.05, 0.1) is 6.61 Å². The van der Waals surface area contributed by atoms with E-state index < -0.39 is 0 Å². The molecule has 0 radical (unpaired) electrons. The minimum Gasteiger partial charge on any atom is -0.493 e. The molecule has 1 aromatic carbocycles. The first-order valence-electron chi connectivity index (χ1n) is 5.50. The highest BCUT2D eigenvalue weighted by Gasteiger charge is 2.11. The first-order valence-corrected chi connectivity index (χ1v) is 5.50. The molecule has 0 aromatic heterocycles. The van der Waals surface area contributed by atoms with Crippen molar-refractivity contribution in [3.63, 3.8) is 0 Å². The van der Waals surface area contributed by atoms with Crippen molar-refractivity contribution in [3.8, 4) is 5.75 Å². The number of hydrogen-bond acceptors (Lipinski definition) is 2. The number of carbonyl (C=O) groups excluding carboxylic acids is 1. The number of urea groups is 1. The second-order valence-electron chi connectivity index (χ2n) is 3.80. The fourth-order valence-corrected chi connectivity index (χ4v) is 1.80. The van der Waals surface area contributed by atoms with E-state index in [-0.39, 0.29) is 6.03 Å². The van der Waals surface area contributed by atoms with Crippen LogP contribution in [0.4, 0.5) is 4.79 Å². The van der Waals surface area contributed by atoms with Gasteiger partial charge in [0.2, 0.25) is 0 Å². The molecule has 1 aliphatic heterocycles. The number of carbonyl (C=O) groups is 1. The highest BCUT2D eigenvalue weighted by Crippen LogP contribution is 2.25. The molecule has 4 heteroatoms. The van der Waals surface area contributed by atoms with Gasteiger partial charge in [0.15, 0.2) is 0 Å². The number of nitrogens with one attached hydrogen (secondary N) is 2. The van der Waals surface area contributed by atoms with Gasteiger partial charge in [0, 0.05) is 20.0 Å². The molecule has 0 aliphatic carbocycles. The zero-order chi connectivity index (χ0) is 11.4. The number of benzene rings is 1. The van der Waals surface area contributed by atoms with Gasteiger partial charge in [-0.3, -0.25) is 0 Å². The fourth-order valence-electron chi connectivity index (χ4n) is 1.80. The summed E-state index contributed by atoms with van der Waals surface area (Å²) < 4.78 is 5.43. The lowest BCUT2D eigenvalue weighted by Crippen LogP contribution is -2.33. The molecule has 1 aliphatic rings. The third kappa shape index (κ3) is 2.45. The smallest absolute Gasteiger partial charge is 0.314 e. The van der Waals surface area contributed by atoms with Crippen LogP contribution in [0.5, 0.6) is 5.75 Å². The molecule has 0 fully saturated rings. The van der Waals surface area contributed by atoms with Crippen LogP contribution >= 0.6 is 0 Å². The Kier molecular flexibility index (Phi) is 3.29. The van der Waals surface area contributed by atoms with Crippen LogP contribution in [-0.4, -0.2) is 26.2 Å². The summed E-state index contributed by atoms with van der Waals surface area (Å²) in [6.07, 6.45) is 1.84. The molecule has 0 atom stereocenters. The van der Waals surface area contributed by atoms with E-state index in [0.717, 1.165) is 25.2 Å². The topological polar surface area (TPSA) is 50.4 Å². The molecule has 0 saturated heterocycles. The van der Waals surface area contributed by atoms with Crippen LogP contribution in [0.1, 0.15) is 11.1 Å². The number of amides is 2. The molecule has 1 heterocycles. The Labute approximate surface area is 95.0 Å². The van der Waals surface area contributed by atoms with Crippen LogP contribution < -0.4 is 15.4 Å². The summed E-state index contributed by atoms with van der Waals surface area (Å²) in [4.78, 5) is 10.9. The van der Waals surface area contributed by atoms with Gasteiger partial charge in [-0.15, -0.1) is 0 Å². The van der Waals surface area contributed by atoms with E-state index in [1.54, 1.807) is 7.05 Å². The molecule has 0 unspecified atom stereocenters. The van der Waals surface area contributed by atoms with Crippen LogP contribution in [0, 0.1) is 0 Å². The first kappa shape index (κ1) is 10.8. The van der Waals surface area contributed by atoms with E-state index in [1.165, 1.54) is 11.1 Å². The molecular formula is C12H16N2O2. The lowest BCUT2D eigenvalue weighted by molar-refractivity contribution is 0.243. The predicted molar refractivity (Wildman–Crippen MR) is 61.8 cm³/mol. The van der Waals surface area contributed by atoms with E-state index in [2.05, 4.69) is 22.8 Å². The van der Waals surface area contributed by atoms with E-state index in [0.29, 0.717) is 6.54 Å². The van der Waals surface area contributed by atoms with Gasteiger partial charge in [-0.05, 0) is 23.6 Å². The van der Waals surface area contributed by atoms with Gasteiger partial charge in [-0.1, -0.05) is 12.1 Å². The van der Waals surface area contributed by atoms with Crippen molar-refractivity contribution < 1.29 is 9.53 Å². The summed E-state index contributed by atoms with van der Waals surface area (Å²) in [7, 11) is 1.61. The summed E-state index contributed by atoms with van der Waals surface area (Å²) >= 11 is 0. The normalized spacial score (nSPS) is 12.8. The summed E-state index contributed by atoms with van der Waals surface area (Å²) in [6.45, 7) is 1.44. The van der Waals surface area contributed by atoms with E-state index >= 15 is 0 Å². The van der Waals surface area contributed by atoms with Crippen molar-refractivity contribution in [1.29, 1.82) is 0 Å². The van der Waals surface area contributed by atoms with Crippen LogP contribution in [0.2, 0.25) is 0 Å². The quantitative estimate of drug-likeness (QED) is 0.801. The average molecular weight is 220 g/mol. The Balaban J connectivity index is 1.88. The van der Waals surface area contributed by atoms with Crippen LogP contribution in [0.15, 0.2) is 18.2 Å². The largest absolute Gasteiger partial charge is 0.493 e. The maximum atomic E-state index is 10.9. The van der Waals surface area contributed by atoms with Gasteiger partial charge in [-0.2, -0.15) is 0 Å². The molecule has 2 N–H and O–H groups in total.